The van der Waals surface area contributed by atoms with E-state index in [4.69, 9.17) is 4.74 Å². The first-order valence-electron chi connectivity index (χ1n) is 7.03. The summed E-state index contributed by atoms with van der Waals surface area (Å²) in [6, 6.07) is 4.33. The number of carbonyl (C=O) groups excluding carboxylic acids is 1. The van der Waals surface area contributed by atoms with E-state index in [0.29, 0.717) is 11.4 Å². The molecule has 134 valence electrons. The number of methoxy groups -OCH3 is 1. The van der Waals surface area contributed by atoms with Crippen LogP contribution in [-0.2, 0) is 14.6 Å². The molecule has 1 saturated heterocycles. The van der Waals surface area contributed by atoms with Crippen molar-refractivity contribution in [3.8, 4) is 5.75 Å². The summed E-state index contributed by atoms with van der Waals surface area (Å²) in [5.41, 5.74) is 0.472. The lowest BCUT2D eigenvalue weighted by Gasteiger charge is -2.36. The van der Waals surface area contributed by atoms with Gasteiger partial charge in [-0.3, -0.25) is 4.79 Å². The van der Waals surface area contributed by atoms with Crippen LogP contribution in [0, 0.1) is 0 Å². The van der Waals surface area contributed by atoms with Crippen molar-refractivity contribution in [2.24, 2.45) is 0 Å². The third-order valence-electron chi connectivity index (χ3n) is 3.73. The Kier molecular flexibility index (Phi) is 4.97. The van der Waals surface area contributed by atoms with Gasteiger partial charge in [-0.05, 0) is 18.2 Å². The topological polar surface area (TPSA) is 66.9 Å². The zero-order chi connectivity index (χ0) is 18.1. The van der Waals surface area contributed by atoms with Gasteiger partial charge in [-0.2, -0.15) is 13.2 Å². The molecular weight excluding hydrogens is 349 g/mol. The molecule has 0 unspecified atom stereocenters. The zero-order valence-corrected chi connectivity index (χ0v) is 13.9. The van der Waals surface area contributed by atoms with Gasteiger partial charge in [0.15, 0.2) is 9.84 Å². The van der Waals surface area contributed by atoms with Crippen LogP contribution in [0.4, 0.5) is 18.9 Å². The van der Waals surface area contributed by atoms with Crippen molar-refractivity contribution in [2.75, 3.05) is 44.4 Å². The highest BCUT2D eigenvalue weighted by atomic mass is 32.2. The third-order valence-corrected chi connectivity index (χ3v) is 4.84. The highest BCUT2D eigenvalue weighted by Gasteiger charge is 2.43. The number of nitrogens with zero attached hydrogens (tertiary/aromatic N) is 2. The van der Waals surface area contributed by atoms with Gasteiger partial charge >= 0.3 is 12.1 Å². The second kappa shape index (κ2) is 6.50. The van der Waals surface area contributed by atoms with Crippen LogP contribution in [0.1, 0.15) is 0 Å². The number of ether oxygens (including phenoxy) is 1. The molecule has 1 aliphatic heterocycles. The Labute approximate surface area is 137 Å². The molecule has 0 atom stereocenters. The van der Waals surface area contributed by atoms with Crippen molar-refractivity contribution in [3.05, 3.63) is 18.2 Å². The third kappa shape index (κ3) is 3.92. The van der Waals surface area contributed by atoms with Crippen LogP contribution in [0.5, 0.6) is 5.75 Å². The molecule has 2 rings (SSSR count). The Hall–Kier alpha value is -1.97. The Morgan fingerprint density at radius 1 is 1.17 bits per heavy atom. The average molecular weight is 366 g/mol. The summed E-state index contributed by atoms with van der Waals surface area (Å²) in [6.45, 7) is 0.0754. The molecule has 0 radical (unpaired) electrons. The van der Waals surface area contributed by atoms with Crippen molar-refractivity contribution in [3.63, 3.8) is 0 Å². The Morgan fingerprint density at radius 3 is 2.21 bits per heavy atom. The summed E-state index contributed by atoms with van der Waals surface area (Å²) in [5.74, 6) is -1.45. The summed E-state index contributed by atoms with van der Waals surface area (Å²) in [4.78, 5) is 13.8. The van der Waals surface area contributed by atoms with Crippen LogP contribution in [-0.4, -0.2) is 64.9 Å². The Morgan fingerprint density at radius 2 is 1.75 bits per heavy atom. The molecule has 1 fully saturated rings. The molecule has 0 spiro atoms. The van der Waals surface area contributed by atoms with E-state index in [-0.39, 0.29) is 31.1 Å². The minimum atomic E-state index is -4.89. The maximum atomic E-state index is 12.5. The summed E-state index contributed by atoms with van der Waals surface area (Å²) in [6.07, 6.45) is -3.82. The summed E-state index contributed by atoms with van der Waals surface area (Å²) in [7, 11) is -2.01. The highest BCUT2D eigenvalue weighted by molar-refractivity contribution is 7.90. The molecule has 0 saturated carbocycles. The fourth-order valence-electron chi connectivity index (χ4n) is 2.48. The van der Waals surface area contributed by atoms with Gasteiger partial charge in [0.2, 0.25) is 0 Å². The lowest BCUT2D eigenvalue weighted by molar-refractivity contribution is -0.185. The monoisotopic (exact) mass is 366 g/mol. The van der Waals surface area contributed by atoms with Crippen LogP contribution in [0.25, 0.3) is 0 Å². The Balaban J connectivity index is 2.21. The van der Waals surface area contributed by atoms with E-state index in [1.807, 2.05) is 0 Å². The standard InChI is InChI=1S/C14H17F3N2O4S/c1-23-12-4-3-10(24(2,21)22)9-11(12)18-5-7-19(8-6-18)13(20)14(15,16)17/h3-4,9H,5-8H2,1-2H3. The first-order valence-corrected chi connectivity index (χ1v) is 8.92. The molecule has 6 nitrogen and oxygen atoms in total. The van der Waals surface area contributed by atoms with E-state index in [2.05, 4.69) is 0 Å². The van der Waals surface area contributed by atoms with Gasteiger partial charge in [0, 0.05) is 32.4 Å². The van der Waals surface area contributed by atoms with Crippen LogP contribution >= 0.6 is 0 Å². The number of carbonyl (C=O) groups is 1. The van der Waals surface area contributed by atoms with Gasteiger partial charge in [-0.15, -0.1) is 0 Å². The number of hydrogen-bond donors (Lipinski definition) is 0. The van der Waals surface area contributed by atoms with Gasteiger partial charge in [0.25, 0.3) is 0 Å². The summed E-state index contributed by atoms with van der Waals surface area (Å²) in [5, 5.41) is 0. The lowest BCUT2D eigenvalue weighted by atomic mass is 10.2. The maximum absolute atomic E-state index is 12.5. The molecular formula is C14H17F3N2O4S. The van der Waals surface area contributed by atoms with E-state index in [1.165, 1.54) is 25.3 Å². The number of sulfone groups is 1. The first kappa shape index (κ1) is 18.4. The molecule has 0 bridgehead atoms. The van der Waals surface area contributed by atoms with E-state index in [1.54, 1.807) is 4.90 Å². The van der Waals surface area contributed by atoms with Gasteiger partial charge in [0.1, 0.15) is 5.75 Å². The molecule has 10 heteroatoms. The molecule has 0 aliphatic carbocycles. The average Bonchev–Trinajstić information content (AvgIpc) is 2.52. The number of benzene rings is 1. The zero-order valence-electron chi connectivity index (χ0n) is 13.1. The number of piperazine rings is 1. The van der Waals surface area contributed by atoms with Gasteiger partial charge in [-0.25, -0.2) is 8.42 Å². The molecule has 1 aliphatic rings. The van der Waals surface area contributed by atoms with E-state index in [9.17, 15) is 26.4 Å². The normalized spacial score (nSPS) is 16.2. The molecule has 1 aromatic rings. The number of halogens is 3. The summed E-state index contributed by atoms with van der Waals surface area (Å²) >= 11 is 0. The van der Waals surface area contributed by atoms with Gasteiger partial charge in [0.05, 0.1) is 17.7 Å². The molecule has 0 aromatic heterocycles. The van der Waals surface area contributed by atoms with Crippen molar-refractivity contribution < 1.29 is 31.1 Å². The largest absolute Gasteiger partial charge is 0.495 e. The minimum Gasteiger partial charge on any atom is -0.495 e. The lowest BCUT2D eigenvalue weighted by Crippen LogP contribution is -2.52. The second-order valence-electron chi connectivity index (χ2n) is 5.38. The smallest absolute Gasteiger partial charge is 0.471 e. The first-order chi connectivity index (χ1) is 11.0. The van der Waals surface area contributed by atoms with Crippen LogP contribution < -0.4 is 9.64 Å². The van der Waals surface area contributed by atoms with Crippen molar-refractivity contribution in [1.82, 2.24) is 4.90 Å². The quantitative estimate of drug-likeness (QED) is 0.807. The van der Waals surface area contributed by atoms with Crippen LogP contribution in [0.3, 0.4) is 0 Å². The fourth-order valence-corrected chi connectivity index (χ4v) is 3.12. The van der Waals surface area contributed by atoms with Gasteiger partial charge < -0.3 is 14.5 Å². The SMILES string of the molecule is COc1ccc(S(C)(=O)=O)cc1N1CCN(C(=O)C(F)(F)F)CC1. The van der Waals surface area contributed by atoms with Crippen molar-refractivity contribution in [2.45, 2.75) is 11.1 Å². The van der Waals surface area contributed by atoms with E-state index in [0.717, 1.165) is 11.2 Å². The molecule has 0 N–H and O–H groups in total. The number of rotatable bonds is 3. The van der Waals surface area contributed by atoms with E-state index < -0.39 is 21.9 Å². The number of amides is 1. The number of hydrogen-bond acceptors (Lipinski definition) is 5. The molecule has 1 heterocycles. The minimum absolute atomic E-state index is 0.0899. The van der Waals surface area contributed by atoms with Crippen molar-refractivity contribution >= 4 is 21.4 Å². The number of alkyl halides is 3. The Bertz CT molecular complexity index is 726. The molecule has 24 heavy (non-hydrogen) atoms. The molecule has 1 amide bonds. The highest BCUT2D eigenvalue weighted by Crippen LogP contribution is 2.32. The summed E-state index contributed by atoms with van der Waals surface area (Å²) < 4.78 is 66.0. The van der Waals surface area contributed by atoms with Gasteiger partial charge in [-0.1, -0.05) is 0 Å². The fraction of sp³-hybridized carbons (Fsp3) is 0.500. The molecule has 1 aromatic carbocycles. The van der Waals surface area contributed by atoms with E-state index >= 15 is 0 Å². The predicted molar refractivity (Wildman–Crippen MR) is 81.0 cm³/mol. The second-order valence-corrected chi connectivity index (χ2v) is 7.40. The maximum Gasteiger partial charge on any atom is 0.471 e. The number of anilines is 1. The van der Waals surface area contributed by atoms with Crippen LogP contribution in [0.2, 0.25) is 0 Å². The van der Waals surface area contributed by atoms with Crippen molar-refractivity contribution in [1.29, 1.82) is 0 Å². The predicted octanol–water partition coefficient (Wildman–Crippen LogP) is 1.31. The van der Waals surface area contributed by atoms with Crippen LogP contribution in [0.15, 0.2) is 23.1 Å².